The van der Waals surface area contributed by atoms with Crippen LogP contribution in [-0.4, -0.2) is 41.7 Å². The number of carbonyl (C=O) groups is 2. The van der Waals surface area contributed by atoms with Gasteiger partial charge >= 0.3 is 5.97 Å². The number of nitro groups is 1. The molecule has 0 aromatic heterocycles. The number of unbranched alkanes of at least 4 members (excludes halogenated alkanes) is 1. The van der Waals surface area contributed by atoms with Crippen LogP contribution in [0.5, 0.6) is 11.5 Å². The molecule has 138 valence electrons. The van der Waals surface area contributed by atoms with Crippen LogP contribution in [0.25, 0.3) is 0 Å². The first-order valence-electron chi connectivity index (χ1n) is 7.88. The summed E-state index contributed by atoms with van der Waals surface area (Å²) in [4.78, 5) is 34.2. The van der Waals surface area contributed by atoms with Gasteiger partial charge in [0.25, 0.3) is 11.6 Å². The van der Waals surface area contributed by atoms with Crippen molar-refractivity contribution >= 4 is 17.6 Å². The van der Waals surface area contributed by atoms with Gasteiger partial charge in [0.05, 0.1) is 24.7 Å². The number of ether oxygens (including phenoxy) is 2. The highest BCUT2D eigenvalue weighted by molar-refractivity contribution is 6.00. The molecule has 0 fully saturated rings. The molecule has 1 aromatic carbocycles. The van der Waals surface area contributed by atoms with Gasteiger partial charge in [-0.25, -0.2) is 4.79 Å². The van der Waals surface area contributed by atoms with E-state index < -0.39 is 28.5 Å². The Morgan fingerprint density at radius 1 is 1.32 bits per heavy atom. The van der Waals surface area contributed by atoms with E-state index in [0.717, 1.165) is 12.5 Å². The Balaban J connectivity index is 3.22. The Hall–Kier alpha value is -2.84. The first-order chi connectivity index (χ1) is 11.8. The molecule has 0 saturated carbocycles. The van der Waals surface area contributed by atoms with Gasteiger partial charge in [-0.1, -0.05) is 19.8 Å². The molecule has 0 bridgehead atoms. The molecule has 0 aliphatic rings. The molecule has 0 unspecified atom stereocenters. The second kappa shape index (κ2) is 9.45. The lowest BCUT2D eigenvalue weighted by Crippen LogP contribution is -2.40. The number of amides is 1. The van der Waals surface area contributed by atoms with Gasteiger partial charge in [0.2, 0.25) is 0 Å². The van der Waals surface area contributed by atoms with Crippen LogP contribution in [0.15, 0.2) is 12.1 Å². The summed E-state index contributed by atoms with van der Waals surface area (Å²) < 4.78 is 10.4. The molecule has 0 aliphatic heterocycles. The Bertz CT molecular complexity index is 646. The maximum absolute atomic E-state index is 12.4. The van der Waals surface area contributed by atoms with Crippen LogP contribution >= 0.6 is 0 Å². The summed E-state index contributed by atoms with van der Waals surface area (Å²) in [6.45, 7) is 3.86. The number of carboxylic acid groups (broad SMARTS) is 1. The van der Waals surface area contributed by atoms with E-state index >= 15 is 0 Å². The minimum Gasteiger partial charge on any atom is -0.493 e. The highest BCUT2D eigenvalue weighted by Gasteiger charge is 2.28. The monoisotopic (exact) mass is 354 g/mol. The molecular weight excluding hydrogens is 332 g/mol. The number of hydrogen-bond acceptors (Lipinski definition) is 6. The zero-order chi connectivity index (χ0) is 19.0. The van der Waals surface area contributed by atoms with Crippen molar-refractivity contribution in [3.8, 4) is 11.5 Å². The average Bonchev–Trinajstić information content (AvgIpc) is 2.57. The standard InChI is InChI=1S/C16H22N2O7/c1-4-6-7-11(16(20)21)17-15(19)10-8-13(24-3)14(25-5-2)9-12(10)18(22)23/h8-9,11H,4-7H2,1-3H3,(H,17,19)(H,20,21)/t11-/m0/s1. The summed E-state index contributed by atoms with van der Waals surface area (Å²) in [6.07, 6.45) is 1.60. The topological polar surface area (TPSA) is 128 Å². The zero-order valence-electron chi connectivity index (χ0n) is 14.4. The van der Waals surface area contributed by atoms with Crippen LogP contribution in [-0.2, 0) is 4.79 Å². The molecular formula is C16H22N2O7. The quantitative estimate of drug-likeness (QED) is 0.487. The fourth-order valence-electron chi connectivity index (χ4n) is 2.21. The zero-order valence-corrected chi connectivity index (χ0v) is 14.4. The van der Waals surface area contributed by atoms with Gasteiger partial charge in [-0.15, -0.1) is 0 Å². The molecule has 9 nitrogen and oxygen atoms in total. The van der Waals surface area contributed by atoms with Crippen molar-refractivity contribution in [1.82, 2.24) is 5.32 Å². The maximum atomic E-state index is 12.4. The third-order valence-corrected chi connectivity index (χ3v) is 3.47. The van der Waals surface area contributed by atoms with Crippen molar-refractivity contribution in [2.75, 3.05) is 13.7 Å². The predicted octanol–water partition coefficient (Wildman–Crippen LogP) is 2.38. The maximum Gasteiger partial charge on any atom is 0.326 e. The van der Waals surface area contributed by atoms with E-state index in [-0.39, 0.29) is 30.1 Å². The molecule has 1 aromatic rings. The van der Waals surface area contributed by atoms with Crippen LogP contribution < -0.4 is 14.8 Å². The van der Waals surface area contributed by atoms with Gasteiger partial charge in [-0.3, -0.25) is 14.9 Å². The van der Waals surface area contributed by atoms with Crippen molar-refractivity contribution < 1.29 is 29.1 Å². The van der Waals surface area contributed by atoms with Crippen LogP contribution in [0, 0.1) is 10.1 Å². The molecule has 1 amide bonds. The fraction of sp³-hybridized carbons (Fsp3) is 0.500. The second-order valence-corrected chi connectivity index (χ2v) is 5.22. The minimum atomic E-state index is -1.19. The van der Waals surface area contributed by atoms with Crippen LogP contribution in [0.2, 0.25) is 0 Å². The van der Waals surface area contributed by atoms with E-state index in [4.69, 9.17) is 9.47 Å². The first-order valence-corrected chi connectivity index (χ1v) is 7.88. The number of benzene rings is 1. The molecule has 25 heavy (non-hydrogen) atoms. The summed E-state index contributed by atoms with van der Waals surface area (Å²) in [6, 6.07) is 1.15. The summed E-state index contributed by atoms with van der Waals surface area (Å²) in [5, 5.41) is 22.8. The molecule has 1 rings (SSSR count). The Kier molecular flexibility index (Phi) is 7.64. The Morgan fingerprint density at radius 3 is 2.48 bits per heavy atom. The van der Waals surface area contributed by atoms with Crippen molar-refractivity contribution in [3.05, 3.63) is 27.8 Å². The molecule has 0 heterocycles. The fourth-order valence-corrected chi connectivity index (χ4v) is 2.21. The normalized spacial score (nSPS) is 11.5. The van der Waals surface area contributed by atoms with Gasteiger partial charge in [0, 0.05) is 6.07 Å². The molecule has 0 aliphatic carbocycles. The minimum absolute atomic E-state index is 0.133. The van der Waals surface area contributed by atoms with Gasteiger partial charge in [-0.05, 0) is 13.3 Å². The number of rotatable bonds is 10. The molecule has 0 radical (unpaired) electrons. The van der Waals surface area contributed by atoms with E-state index in [2.05, 4.69) is 5.32 Å². The van der Waals surface area contributed by atoms with Gasteiger partial charge in [0.1, 0.15) is 11.6 Å². The van der Waals surface area contributed by atoms with E-state index in [1.54, 1.807) is 6.92 Å². The number of hydrogen-bond donors (Lipinski definition) is 2. The van der Waals surface area contributed by atoms with E-state index in [1.807, 2.05) is 6.92 Å². The smallest absolute Gasteiger partial charge is 0.326 e. The largest absolute Gasteiger partial charge is 0.493 e. The van der Waals surface area contributed by atoms with Crippen LogP contribution in [0.1, 0.15) is 43.5 Å². The third-order valence-electron chi connectivity index (χ3n) is 3.47. The van der Waals surface area contributed by atoms with E-state index in [9.17, 15) is 24.8 Å². The average molecular weight is 354 g/mol. The SMILES string of the molecule is CCCC[C@H](NC(=O)c1cc(OC)c(OCC)cc1[N+](=O)[O-])C(=O)O. The molecule has 0 saturated heterocycles. The predicted molar refractivity (Wildman–Crippen MR) is 89.2 cm³/mol. The van der Waals surface area contributed by atoms with E-state index in [0.29, 0.717) is 6.42 Å². The van der Waals surface area contributed by atoms with Gasteiger partial charge in [-0.2, -0.15) is 0 Å². The number of nitro benzene ring substituents is 1. The van der Waals surface area contributed by atoms with Crippen molar-refractivity contribution in [2.24, 2.45) is 0 Å². The lowest BCUT2D eigenvalue weighted by molar-refractivity contribution is -0.385. The number of carboxylic acids is 1. The lowest BCUT2D eigenvalue weighted by Gasteiger charge is -2.15. The highest BCUT2D eigenvalue weighted by atomic mass is 16.6. The number of methoxy groups -OCH3 is 1. The molecule has 0 spiro atoms. The number of nitrogens with one attached hydrogen (secondary N) is 1. The number of carbonyl (C=O) groups excluding carboxylic acids is 1. The van der Waals surface area contributed by atoms with Crippen molar-refractivity contribution in [2.45, 2.75) is 39.2 Å². The van der Waals surface area contributed by atoms with Crippen molar-refractivity contribution in [1.29, 1.82) is 0 Å². The number of aliphatic carboxylic acids is 1. The van der Waals surface area contributed by atoms with Crippen LogP contribution in [0.4, 0.5) is 5.69 Å². The molecule has 1 atom stereocenters. The van der Waals surface area contributed by atoms with Gasteiger partial charge in [0.15, 0.2) is 11.5 Å². The Labute approximate surface area is 145 Å². The number of nitrogens with zero attached hydrogens (tertiary/aromatic N) is 1. The van der Waals surface area contributed by atoms with Gasteiger partial charge < -0.3 is 19.9 Å². The summed E-state index contributed by atoms with van der Waals surface area (Å²) >= 11 is 0. The summed E-state index contributed by atoms with van der Waals surface area (Å²) in [5.41, 5.74) is -0.769. The van der Waals surface area contributed by atoms with E-state index in [1.165, 1.54) is 13.2 Å². The molecule has 9 heteroatoms. The molecule has 2 N–H and O–H groups in total. The second-order valence-electron chi connectivity index (χ2n) is 5.22. The lowest BCUT2D eigenvalue weighted by atomic mass is 10.1. The Morgan fingerprint density at radius 2 is 2.00 bits per heavy atom. The van der Waals surface area contributed by atoms with Crippen LogP contribution in [0.3, 0.4) is 0 Å². The first kappa shape index (κ1) is 20.2. The van der Waals surface area contributed by atoms with Crippen molar-refractivity contribution in [3.63, 3.8) is 0 Å². The highest BCUT2D eigenvalue weighted by Crippen LogP contribution is 2.34. The third kappa shape index (κ3) is 5.33. The summed E-state index contributed by atoms with van der Waals surface area (Å²) in [7, 11) is 1.34. The summed E-state index contributed by atoms with van der Waals surface area (Å²) in [5.74, 6) is -1.76.